The molecule has 0 unspecified atom stereocenters. The van der Waals surface area contributed by atoms with Crippen LogP contribution in [-0.2, 0) is 0 Å². The van der Waals surface area contributed by atoms with E-state index in [0.29, 0.717) is 15.1 Å². The van der Waals surface area contributed by atoms with Gasteiger partial charge < -0.3 is 0 Å². The number of hydrogen-bond acceptors (Lipinski definition) is 4. The van der Waals surface area contributed by atoms with Gasteiger partial charge in [-0.1, -0.05) is 23.5 Å². The van der Waals surface area contributed by atoms with E-state index in [1.807, 2.05) is 12.1 Å². The van der Waals surface area contributed by atoms with E-state index in [1.165, 1.54) is 22.5 Å². The van der Waals surface area contributed by atoms with Gasteiger partial charge >= 0.3 is 0 Å². The minimum Gasteiger partial charge on any atom is -0.267 e. The van der Waals surface area contributed by atoms with Gasteiger partial charge in [-0.2, -0.15) is 0 Å². The summed E-state index contributed by atoms with van der Waals surface area (Å²) in [5, 5.41) is 0. The molecule has 0 amide bonds. The molecule has 0 aliphatic carbocycles. The molecule has 0 N–H and O–H groups in total. The van der Waals surface area contributed by atoms with Gasteiger partial charge in [0, 0.05) is 10.7 Å². The number of rotatable bonds is 1. The van der Waals surface area contributed by atoms with Crippen molar-refractivity contribution in [1.82, 2.24) is 14.4 Å². The molecule has 0 aliphatic heterocycles. The van der Waals surface area contributed by atoms with E-state index in [-0.39, 0.29) is 5.56 Å². The molecule has 0 radical (unpaired) electrons. The van der Waals surface area contributed by atoms with Gasteiger partial charge in [-0.15, -0.1) is 0 Å². The third kappa shape index (κ3) is 2.37. The Balaban J connectivity index is 2.00. The standard InChI is InChI=1S/C18H14BrN3OS/c1-9-4-11(3)12(5-10(9)2)6-15-17(23)22-16-14(21-18(22)24-15)7-13(19)8-20-16/h4-8H,1-3H3/b15-6+. The highest BCUT2D eigenvalue weighted by Crippen LogP contribution is 2.19. The summed E-state index contributed by atoms with van der Waals surface area (Å²) in [6.45, 7) is 6.25. The van der Waals surface area contributed by atoms with Crippen LogP contribution < -0.4 is 10.1 Å². The summed E-state index contributed by atoms with van der Waals surface area (Å²) in [6, 6.07) is 6.15. The summed E-state index contributed by atoms with van der Waals surface area (Å²) in [4.78, 5) is 22.3. The Bertz CT molecular complexity index is 1220. The summed E-state index contributed by atoms with van der Waals surface area (Å²) < 4.78 is 3.12. The molecule has 0 fully saturated rings. The Morgan fingerprint density at radius 3 is 2.67 bits per heavy atom. The van der Waals surface area contributed by atoms with Crippen molar-refractivity contribution in [3.05, 3.63) is 66.0 Å². The first-order valence-electron chi connectivity index (χ1n) is 7.50. The topological polar surface area (TPSA) is 47.3 Å². The predicted molar refractivity (Wildman–Crippen MR) is 102 cm³/mol. The molecule has 1 aromatic carbocycles. The number of thiazole rings is 1. The van der Waals surface area contributed by atoms with Crippen LogP contribution in [0.5, 0.6) is 0 Å². The van der Waals surface area contributed by atoms with Crippen molar-refractivity contribution in [2.75, 3.05) is 0 Å². The molecule has 0 aliphatic rings. The number of imidazole rings is 1. The number of halogens is 1. The lowest BCUT2D eigenvalue weighted by Crippen LogP contribution is -2.23. The van der Waals surface area contributed by atoms with Crippen LogP contribution in [0.15, 0.2) is 33.7 Å². The molecule has 6 heteroatoms. The van der Waals surface area contributed by atoms with Crippen LogP contribution in [0.1, 0.15) is 22.3 Å². The Hall–Kier alpha value is -2.05. The Morgan fingerprint density at radius 2 is 1.88 bits per heavy atom. The third-order valence-corrected chi connectivity index (χ3v) is 5.62. The molecule has 3 heterocycles. The predicted octanol–water partition coefficient (Wildman–Crippen LogP) is 3.54. The fourth-order valence-corrected chi connectivity index (χ4v) is 4.08. The minimum atomic E-state index is -0.0649. The van der Waals surface area contributed by atoms with Gasteiger partial charge in [0.05, 0.1) is 4.53 Å². The largest absolute Gasteiger partial charge is 0.276 e. The average Bonchev–Trinajstić information content (AvgIpc) is 3.01. The highest BCUT2D eigenvalue weighted by molar-refractivity contribution is 9.10. The number of nitrogens with zero attached hydrogens (tertiary/aromatic N) is 3. The van der Waals surface area contributed by atoms with Crippen LogP contribution in [0.3, 0.4) is 0 Å². The first-order chi connectivity index (χ1) is 11.4. The minimum absolute atomic E-state index is 0.0649. The van der Waals surface area contributed by atoms with E-state index in [1.54, 1.807) is 10.6 Å². The maximum Gasteiger partial charge on any atom is 0.276 e. The van der Waals surface area contributed by atoms with Gasteiger partial charge in [0.25, 0.3) is 5.56 Å². The molecule has 0 saturated heterocycles. The number of benzene rings is 1. The molecular formula is C18H14BrN3OS. The second kappa shape index (κ2) is 5.50. The molecule has 0 bridgehead atoms. The van der Waals surface area contributed by atoms with Crippen molar-refractivity contribution in [3.8, 4) is 0 Å². The molecular weight excluding hydrogens is 386 g/mol. The van der Waals surface area contributed by atoms with Crippen molar-refractivity contribution < 1.29 is 0 Å². The van der Waals surface area contributed by atoms with Gasteiger partial charge in [0.15, 0.2) is 10.6 Å². The van der Waals surface area contributed by atoms with E-state index >= 15 is 0 Å². The van der Waals surface area contributed by atoms with Gasteiger partial charge in [-0.3, -0.25) is 4.79 Å². The SMILES string of the molecule is Cc1cc(C)c(/C=c2/sc3nc4cc(Br)cnc4n3c2=O)cc1C. The lowest BCUT2D eigenvalue weighted by molar-refractivity contribution is 1.15. The lowest BCUT2D eigenvalue weighted by Gasteiger charge is -2.05. The molecule has 120 valence electrons. The number of aryl methyl sites for hydroxylation is 3. The Morgan fingerprint density at radius 1 is 1.12 bits per heavy atom. The van der Waals surface area contributed by atoms with Gasteiger partial charge in [0.2, 0.25) is 0 Å². The number of fused-ring (bicyclic) bond motifs is 3. The molecule has 0 saturated carbocycles. The van der Waals surface area contributed by atoms with E-state index in [2.05, 4.69) is 58.8 Å². The van der Waals surface area contributed by atoms with Crippen LogP contribution in [0.2, 0.25) is 0 Å². The van der Waals surface area contributed by atoms with Gasteiger partial charge in [-0.05, 0) is 71.1 Å². The Kier molecular flexibility index (Phi) is 3.54. The zero-order valence-corrected chi connectivity index (χ0v) is 15.8. The normalized spacial score (nSPS) is 12.6. The van der Waals surface area contributed by atoms with E-state index in [9.17, 15) is 4.79 Å². The quantitative estimate of drug-likeness (QED) is 0.491. The van der Waals surface area contributed by atoms with Crippen molar-refractivity contribution in [3.63, 3.8) is 0 Å². The smallest absolute Gasteiger partial charge is 0.267 e. The van der Waals surface area contributed by atoms with Crippen molar-refractivity contribution in [2.24, 2.45) is 0 Å². The van der Waals surface area contributed by atoms with Crippen LogP contribution in [0, 0.1) is 20.8 Å². The molecule has 0 spiro atoms. The van der Waals surface area contributed by atoms with Crippen LogP contribution in [0.4, 0.5) is 0 Å². The number of hydrogen-bond donors (Lipinski definition) is 0. The summed E-state index contributed by atoms with van der Waals surface area (Å²) in [6.07, 6.45) is 3.64. The first-order valence-corrected chi connectivity index (χ1v) is 9.11. The average molecular weight is 400 g/mol. The maximum absolute atomic E-state index is 12.8. The Labute approximate surface area is 150 Å². The lowest BCUT2D eigenvalue weighted by atomic mass is 10.0. The summed E-state index contributed by atoms with van der Waals surface area (Å²) in [5.41, 5.74) is 5.97. The molecule has 4 aromatic rings. The summed E-state index contributed by atoms with van der Waals surface area (Å²) in [5.74, 6) is 0. The molecule has 0 atom stereocenters. The zero-order chi connectivity index (χ0) is 17.0. The molecule has 3 aromatic heterocycles. The number of aromatic nitrogens is 3. The van der Waals surface area contributed by atoms with Crippen molar-refractivity contribution in [1.29, 1.82) is 0 Å². The van der Waals surface area contributed by atoms with Crippen LogP contribution >= 0.6 is 27.3 Å². The second-order valence-electron chi connectivity index (χ2n) is 5.93. The summed E-state index contributed by atoms with van der Waals surface area (Å²) in [7, 11) is 0. The van der Waals surface area contributed by atoms with E-state index in [4.69, 9.17) is 0 Å². The van der Waals surface area contributed by atoms with Crippen LogP contribution in [-0.4, -0.2) is 14.4 Å². The highest BCUT2D eigenvalue weighted by Gasteiger charge is 2.12. The fraction of sp³-hybridized carbons (Fsp3) is 0.167. The maximum atomic E-state index is 12.8. The zero-order valence-electron chi connectivity index (χ0n) is 13.4. The van der Waals surface area contributed by atoms with Crippen molar-refractivity contribution in [2.45, 2.75) is 20.8 Å². The van der Waals surface area contributed by atoms with E-state index < -0.39 is 0 Å². The van der Waals surface area contributed by atoms with Gasteiger partial charge in [0.1, 0.15) is 5.52 Å². The van der Waals surface area contributed by atoms with Gasteiger partial charge in [-0.25, -0.2) is 14.4 Å². The van der Waals surface area contributed by atoms with Crippen LogP contribution in [0.25, 0.3) is 22.2 Å². The summed E-state index contributed by atoms with van der Waals surface area (Å²) >= 11 is 4.78. The monoisotopic (exact) mass is 399 g/mol. The number of pyridine rings is 1. The highest BCUT2D eigenvalue weighted by atomic mass is 79.9. The molecule has 4 nitrogen and oxygen atoms in total. The van der Waals surface area contributed by atoms with E-state index in [0.717, 1.165) is 21.1 Å². The first kappa shape index (κ1) is 15.5. The third-order valence-electron chi connectivity index (χ3n) is 4.22. The second-order valence-corrected chi connectivity index (χ2v) is 7.86. The molecule has 24 heavy (non-hydrogen) atoms. The molecule has 4 rings (SSSR count). The van der Waals surface area contributed by atoms with Crippen molar-refractivity contribution >= 4 is 49.5 Å². The fourth-order valence-electron chi connectivity index (χ4n) is 2.79.